The van der Waals surface area contributed by atoms with Crippen LogP contribution in [0, 0.1) is 11.8 Å². The van der Waals surface area contributed by atoms with Gasteiger partial charge in [-0.15, -0.1) is 0 Å². The average Bonchev–Trinajstić information content (AvgIpc) is 2.89. The molecule has 1 saturated carbocycles. The summed E-state index contributed by atoms with van der Waals surface area (Å²) in [4.78, 5) is 0. The molecule has 1 aromatic rings. The smallest absolute Gasteiger partial charge is 0.0628 e. The maximum absolute atomic E-state index is 6.30. The van der Waals surface area contributed by atoms with E-state index in [1.807, 2.05) is 0 Å². The molecule has 108 valence electrons. The van der Waals surface area contributed by atoms with Gasteiger partial charge in [0.2, 0.25) is 0 Å². The molecule has 1 aliphatic carbocycles. The minimum atomic E-state index is 0.372. The Hall–Kier alpha value is -0.830. The molecule has 2 N–H and O–H groups in total. The van der Waals surface area contributed by atoms with E-state index < -0.39 is 0 Å². The van der Waals surface area contributed by atoms with Gasteiger partial charge in [0, 0.05) is 18.3 Å². The molecule has 0 aromatic carbocycles. The first-order chi connectivity index (χ1) is 9.13. The largest absolute Gasteiger partial charge is 0.327 e. The normalized spacial score (nSPS) is 29.4. The van der Waals surface area contributed by atoms with E-state index in [0.29, 0.717) is 18.0 Å². The van der Waals surface area contributed by atoms with Crippen molar-refractivity contribution in [3.63, 3.8) is 0 Å². The van der Waals surface area contributed by atoms with Gasteiger partial charge in [-0.2, -0.15) is 5.10 Å². The van der Waals surface area contributed by atoms with Crippen LogP contribution in [0.4, 0.5) is 0 Å². The highest BCUT2D eigenvalue weighted by Crippen LogP contribution is 2.32. The Bertz CT molecular complexity index is 385. The van der Waals surface area contributed by atoms with Gasteiger partial charge in [0.25, 0.3) is 0 Å². The van der Waals surface area contributed by atoms with Crippen LogP contribution in [-0.2, 0) is 6.42 Å². The highest BCUT2D eigenvalue weighted by Gasteiger charge is 2.27. The average molecular weight is 263 g/mol. The zero-order valence-corrected chi connectivity index (χ0v) is 12.7. The van der Waals surface area contributed by atoms with Gasteiger partial charge in [0.05, 0.1) is 5.69 Å². The zero-order valence-electron chi connectivity index (χ0n) is 12.7. The van der Waals surface area contributed by atoms with Crippen LogP contribution in [0.3, 0.4) is 0 Å². The molecular formula is C16H29N3. The fourth-order valence-corrected chi connectivity index (χ4v) is 3.18. The van der Waals surface area contributed by atoms with Crippen LogP contribution in [0.1, 0.15) is 64.6 Å². The lowest BCUT2D eigenvalue weighted by atomic mass is 9.75. The quantitative estimate of drug-likeness (QED) is 0.883. The van der Waals surface area contributed by atoms with E-state index in [-0.39, 0.29) is 0 Å². The molecule has 1 fully saturated rings. The molecule has 1 heterocycles. The van der Waals surface area contributed by atoms with Gasteiger partial charge in [-0.05, 0) is 56.9 Å². The standard InChI is InChI=1S/C16H29N3/c1-4-12(3)19-9-8-15(18-19)11-14-10-13(5-2)6-7-16(14)17/h8-9,12-14,16H,4-7,10-11,17H2,1-3H3. The Morgan fingerprint density at radius 2 is 2.21 bits per heavy atom. The van der Waals surface area contributed by atoms with E-state index in [2.05, 4.69) is 37.7 Å². The highest BCUT2D eigenvalue weighted by molar-refractivity contribution is 5.03. The van der Waals surface area contributed by atoms with Gasteiger partial charge in [-0.1, -0.05) is 20.3 Å². The van der Waals surface area contributed by atoms with Crippen molar-refractivity contribution in [3.8, 4) is 0 Å². The second kappa shape index (κ2) is 6.56. The Morgan fingerprint density at radius 1 is 1.42 bits per heavy atom. The second-order valence-corrected chi connectivity index (χ2v) is 6.26. The SMILES string of the molecule is CCC1CCC(N)C(Cc2ccn(C(C)CC)n2)C1. The predicted octanol–water partition coefficient (Wildman–Crippen LogP) is 3.55. The van der Waals surface area contributed by atoms with Gasteiger partial charge in [0.1, 0.15) is 0 Å². The van der Waals surface area contributed by atoms with Crippen molar-refractivity contribution in [2.75, 3.05) is 0 Å². The minimum Gasteiger partial charge on any atom is -0.327 e. The minimum absolute atomic E-state index is 0.372. The van der Waals surface area contributed by atoms with Gasteiger partial charge in [-0.25, -0.2) is 0 Å². The van der Waals surface area contributed by atoms with Crippen molar-refractivity contribution < 1.29 is 0 Å². The van der Waals surface area contributed by atoms with E-state index in [4.69, 9.17) is 10.8 Å². The number of hydrogen-bond donors (Lipinski definition) is 1. The van der Waals surface area contributed by atoms with Gasteiger partial charge in [0.15, 0.2) is 0 Å². The molecule has 0 radical (unpaired) electrons. The van der Waals surface area contributed by atoms with Crippen LogP contribution in [0.25, 0.3) is 0 Å². The molecule has 0 spiro atoms. The summed E-state index contributed by atoms with van der Waals surface area (Å²) < 4.78 is 2.10. The molecule has 19 heavy (non-hydrogen) atoms. The van der Waals surface area contributed by atoms with Crippen molar-refractivity contribution in [1.29, 1.82) is 0 Å². The summed E-state index contributed by atoms with van der Waals surface area (Å²) in [5, 5.41) is 4.72. The first-order valence-corrected chi connectivity index (χ1v) is 7.93. The van der Waals surface area contributed by atoms with Crippen LogP contribution >= 0.6 is 0 Å². The van der Waals surface area contributed by atoms with Crippen molar-refractivity contribution in [2.24, 2.45) is 17.6 Å². The van der Waals surface area contributed by atoms with Gasteiger partial charge < -0.3 is 5.73 Å². The van der Waals surface area contributed by atoms with Gasteiger partial charge >= 0.3 is 0 Å². The summed E-state index contributed by atoms with van der Waals surface area (Å²) in [7, 11) is 0. The van der Waals surface area contributed by atoms with Gasteiger partial charge in [-0.3, -0.25) is 4.68 Å². The topological polar surface area (TPSA) is 43.8 Å². The summed E-state index contributed by atoms with van der Waals surface area (Å²) in [6, 6.07) is 3.04. The predicted molar refractivity (Wildman–Crippen MR) is 80.0 cm³/mol. The Morgan fingerprint density at radius 3 is 2.89 bits per heavy atom. The molecule has 4 atom stereocenters. The fraction of sp³-hybridized carbons (Fsp3) is 0.812. The molecule has 2 rings (SSSR count). The number of nitrogens with two attached hydrogens (primary N) is 1. The van der Waals surface area contributed by atoms with Crippen molar-refractivity contribution in [3.05, 3.63) is 18.0 Å². The molecular weight excluding hydrogens is 234 g/mol. The Balaban J connectivity index is 1.97. The summed E-state index contributed by atoms with van der Waals surface area (Å²) in [6.07, 6.45) is 9.39. The van der Waals surface area contributed by atoms with Crippen LogP contribution in [-0.4, -0.2) is 15.8 Å². The highest BCUT2D eigenvalue weighted by atomic mass is 15.3. The third kappa shape index (κ3) is 3.59. The molecule has 0 saturated heterocycles. The number of hydrogen-bond acceptors (Lipinski definition) is 2. The van der Waals surface area contributed by atoms with E-state index in [0.717, 1.165) is 18.8 Å². The van der Waals surface area contributed by atoms with Crippen LogP contribution in [0.5, 0.6) is 0 Å². The molecule has 3 heteroatoms. The molecule has 4 unspecified atom stereocenters. The summed E-state index contributed by atoms with van der Waals surface area (Å²) in [5.74, 6) is 1.50. The van der Waals surface area contributed by atoms with Crippen molar-refractivity contribution in [1.82, 2.24) is 9.78 Å². The van der Waals surface area contributed by atoms with E-state index in [9.17, 15) is 0 Å². The molecule has 3 nitrogen and oxygen atoms in total. The lowest BCUT2D eigenvalue weighted by Gasteiger charge is -2.33. The first-order valence-electron chi connectivity index (χ1n) is 7.93. The second-order valence-electron chi connectivity index (χ2n) is 6.26. The van der Waals surface area contributed by atoms with Crippen molar-refractivity contribution in [2.45, 2.75) is 71.4 Å². The zero-order chi connectivity index (χ0) is 13.8. The van der Waals surface area contributed by atoms with Crippen LogP contribution < -0.4 is 5.73 Å². The summed E-state index contributed by atoms with van der Waals surface area (Å²) >= 11 is 0. The van der Waals surface area contributed by atoms with E-state index >= 15 is 0 Å². The van der Waals surface area contributed by atoms with Crippen LogP contribution in [0.15, 0.2) is 12.3 Å². The number of nitrogens with zero attached hydrogens (tertiary/aromatic N) is 2. The lowest BCUT2D eigenvalue weighted by Crippen LogP contribution is -2.37. The molecule has 0 bridgehead atoms. The number of aromatic nitrogens is 2. The lowest BCUT2D eigenvalue weighted by molar-refractivity contribution is 0.225. The fourth-order valence-electron chi connectivity index (χ4n) is 3.18. The number of rotatable bonds is 5. The van der Waals surface area contributed by atoms with E-state index in [1.165, 1.54) is 31.4 Å². The summed E-state index contributed by atoms with van der Waals surface area (Å²) in [5.41, 5.74) is 7.52. The molecule has 0 aliphatic heterocycles. The third-order valence-corrected chi connectivity index (χ3v) is 4.90. The van der Waals surface area contributed by atoms with Crippen LogP contribution in [0.2, 0.25) is 0 Å². The molecule has 0 amide bonds. The molecule has 1 aliphatic rings. The maximum atomic E-state index is 6.30. The Kier molecular flexibility index (Phi) is 5.03. The first kappa shape index (κ1) is 14.6. The molecule has 1 aromatic heterocycles. The third-order valence-electron chi connectivity index (χ3n) is 4.90. The maximum Gasteiger partial charge on any atom is 0.0628 e. The Labute approximate surface area is 117 Å². The summed E-state index contributed by atoms with van der Waals surface area (Å²) in [6.45, 7) is 6.72. The van der Waals surface area contributed by atoms with Crippen molar-refractivity contribution >= 4 is 0 Å². The monoisotopic (exact) mass is 263 g/mol. The van der Waals surface area contributed by atoms with E-state index in [1.54, 1.807) is 0 Å².